The Morgan fingerprint density at radius 3 is 2.35 bits per heavy atom. The van der Waals surface area contributed by atoms with Crippen LogP contribution < -0.4 is 0 Å². The van der Waals surface area contributed by atoms with Crippen LogP contribution in [0.3, 0.4) is 0 Å². The van der Waals surface area contributed by atoms with Crippen molar-refractivity contribution in [1.82, 2.24) is 4.90 Å². The Labute approximate surface area is 210 Å². The second-order valence-corrected chi connectivity index (χ2v) is 9.30. The third-order valence-electron chi connectivity index (χ3n) is 6.44. The standard InChI is InChI=1S/C15H24BNO2.C10H20N2O.C2H6/c1-7-9-13(12-17-6)10-11-16-18-14(3,4)15(5,8-2)19-16;1-9(7-11)13-8-10-3-5-12(2)6-4-10;1-2/h7,9-12H,1,8H2,2-6H3;7,9-11H,3-6,8H2,1-2H3;1-2H3/b11-10+,13-9+,17-12?;;. The number of hydrogen-bond acceptors (Lipinski definition) is 6. The summed E-state index contributed by atoms with van der Waals surface area (Å²) in [5.41, 5.74) is 0.411. The summed E-state index contributed by atoms with van der Waals surface area (Å²) in [5, 5.41) is 7.00. The maximum atomic E-state index is 7.00. The summed E-state index contributed by atoms with van der Waals surface area (Å²) in [5.74, 6) is 2.62. The Balaban J connectivity index is 0.000000633. The van der Waals surface area contributed by atoms with Gasteiger partial charge in [0, 0.05) is 19.5 Å². The van der Waals surface area contributed by atoms with Gasteiger partial charge in [-0.2, -0.15) is 0 Å². The van der Waals surface area contributed by atoms with Gasteiger partial charge in [-0.15, -0.1) is 0 Å². The van der Waals surface area contributed by atoms with E-state index >= 15 is 0 Å². The first-order valence-corrected chi connectivity index (χ1v) is 12.7. The number of allylic oxidation sites excluding steroid dienone is 4. The SMILES string of the molecule is C=C/C=C(C=NC)\C=C\B1OC(C)(C)C(C)(CC)O1.CC.CC(C=N)OCC1CCN(C)CC1. The maximum absolute atomic E-state index is 7.00. The second kappa shape index (κ2) is 17.0. The fraction of sp³-hybridized carbons (Fsp3) is 0.704. The van der Waals surface area contributed by atoms with Crippen LogP contribution in [0.25, 0.3) is 0 Å². The lowest BCUT2D eigenvalue weighted by Gasteiger charge is -2.35. The molecule has 0 bridgehead atoms. The average molecular weight is 476 g/mol. The molecule has 0 aromatic carbocycles. The number of likely N-dealkylation sites (tertiary alicyclic amines) is 1. The molecule has 0 aliphatic carbocycles. The molecule has 0 saturated carbocycles. The monoisotopic (exact) mass is 475 g/mol. The molecule has 1 N–H and O–H groups in total. The van der Waals surface area contributed by atoms with Crippen molar-refractivity contribution in [1.29, 1.82) is 5.41 Å². The minimum atomic E-state index is -0.321. The summed E-state index contributed by atoms with van der Waals surface area (Å²) < 4.78 is 17.5. The predicted molar refractivity (Wildman–Crippen MR) is 148 cm³/mol. The van der Waals surface area contributed by atoms with Crippen molar-refractivity contribution in [3.8, 4) is 0 Å². The van der Waals surface area contributed by atoms with Crippen LogP contribution in [0.5, 0.6) is 0 Å². The van der Waals surface area contributed by atoms with Gasteiger partial charge in [0.2, 0.25) is 0 Å². The third kappa shape index (κ3) is 11.3. The summed E-state index contributed by atoms with van der Waals surface area (Å²) in [7, 11) is 3.58. The van der Waals surface area contributed by atoms with Crippen LogP contribution in [0, 0.1) is 11.3 Å². The van der Waals surface area contributed by atoms with E-state index in [1.165, 1.54) is 32.1 Å². The molecule has 194 valence electrons. The zero-order valence-corrected chi connectivity index (χ0v) is 23.3. The highest BCUT2D eigenvalue weighted by Gasteiger charge is 2.51. The Morgan fingerprint density at radius 2 is 1.88 bits per heavy atom. The van der Waals surface area contributed by atoms with Gasteiger partial charge in [0.15, 0.2) is 0 Å². The smallest absolute Gasteiger partial charge is 0.400 e. The van der Waals surface area contributed by atoms with E-state index in [0.29, 0.717) is 5.92 Å². The third-order valence-corrected chi connectivity index (χ3v) is 6.44. The molecule has 2 rings (SSSR count). The van der Waals surface area contributed by atoms with Gasteiger partial charge in [0.1, 0.15) is 0 Å². The molecule has 34 heavy (non-hydrogen) atoms. The molecular weight excluding hydrogens is 425 g/mol. The first-order valence-electron chi connectivity index (χ1n) is 12.7. The van der Waals surface area contributed by atoms with Gasteiger partial charge in [-0.3, -0.25) is 4.99 Å². The molecule has 6 nitrogen and oxygen atoms in total. The summed E-state index contributed by atoms with van der Waals surface area (Å²) in [6.07, 6.45) is 12.1. The predicted octanol–water partition coefficient (Wildman–Crippen LogP) is 5.79. The Bertz CT molecular complexity index is 670. The van der Waals surface area contributed by atoms with Crippen LogP contribution in [0.15, 0.2) is 41.3 Å². The van der Waals surface area contributed by atoms with E-state index < -0.39 is 0 Å². The second-order valence-electron chi connectivity index (χ2n) is 9.30. The van der Waals surface area contributed by atoms with Gasteiger partial charge in [-0.25, -0.2) is 0 Å². The molecule has 2 heterocycles. The first-order chi connectivity index (χ1) is 16.1. The highest BCUT2D eigenvalue weighted by Crippen LogP contribution is 2.39. The Kier molecular flexibility index (Phi) is 16.2. The molecule has 2 saturated heterocycles. The van der Waals surface area contributed by atoms with Gasteiger partial charge in [0.25, 0.3) is 0 Å². The van der Waals surface area contributed by atoms with Crippen LogP contribution in [0.1, 0.15) is 67.7 Å². The fourth-order valence-electron chi connectivity index (χ4n) is 3.61. The molecular formula is C27H50BN3O3. The summed E-state index contributed by atoms with van der Waals surface area (Å²) in [6.45, 7) is 21.1. The average Bonchev–Trinajstić information content (AvgIpc) is 3.07. The molecule has 2 aliphatic rings. The van der Waals surface area contributed by atoms with Crippen LogP contribution in [0.4, 0.5) is 0 Å². The van der Waals surface area contributed by atoms with Crippen molar-refractivity contribution in [2.75, 3.05) is 33.8 Å². The number of ether oxygens (including phenoxy) is 1. The molecule has 2 fully saturated rings. The number of hydrogen-bond donors (Lipinski definition) is 1. The zero-order chi connectivity index (χ0) is 26.2. The van der Waals surface area contributed by atoms with Crippen molar-refractivity contribution in [3.05, 3.63) is 36.4 Å². The van der Waals surface area contributed by atoms with Crippen molar-refractivity contribution in [2.24, 2.45) is 10.9 Å². The molecule has 2 atom stereocenters. The molecule has 0 amide bonds. The molecule has 0 aromatic rings. The van der Waals surface area contributed by atoms with Crippen LogP contribution in [-0.4, -0.2) is 75.5 Å². The summed E-state index contributed by atoms with van der Waals surface area (Å²) >= 11 is 0. The Morgan fingerprint density at radius 1 is 1.26 bits per heavy atom. The molecule has 0 aromatic heterocycles. The number of nitrogens with zero attached hydrogens (tertiary/aromatic N) is 2. The van der Waals surface area contributed by atoms with Gasteiger partial charge in [-0.1, -0.05) is 51.6 Å². The normalized spacial score (nSPS) is 24.4. The number of piperidine rings is 1. The van der Waals surface area contributed by atoms with Gasteiger partial charge in [0.05, 0.1) is 23.9 Å². The molecule has 7 heteroatoms. The lowest BCUT2D eigenvalue weighted by Crippen LogP contribution is -2.44. The first kappa shape index (κ1) is 32.5. The highest BCUT2D eigenvalue weighted by atomic mass is 16.7. The Hall–Kier alpha value is -1.54. The number of aliphatic imine (C=N–C) groups is 1. The van der Waals surface area contributed by atoms with Crippen molar-refractivity contribution in [2.45, 2.75) is 85.0 Å². The van der Waals surface area contributed by atoms with Crippen LogP contribution in [-0.2, 0) is 14.0 Å². The number of nitrogens with one attached hydrogen (secondary N) is 1. The lowest BCUT2D eigenvalue weighted by molar-refractivity contribution is -0.0118. The van der Waals surface area contributed by atoms with E-state index in [1.807, 2.05) is 38.9 Å². The highest BCUT2D eigenvalue weighted by molar-refractivity contribution is 6.51. The fourth-order valence-corrected chi connectivity index (χ4v) is 3.61. The largest absolute Gasteiger partial charge is 0.487 e. The molecule has 2 unspecified atom stereocenters. The van der Waals surface area contributed by atoms with E-state index in [1.54, 1.807) is 19.3 Å². The summed E-state index contributed by atoms with van der Waals surface area (Å²) in [6, 6.07) is 0. The van der Waals surface area contributed by atoms with E-state index in [2.05, 4.69) is 51.2 Å². The zero-order valence-electron chi connectivity index (χ0n) is 23.3. The van der Waals surface area contributed by atoms with E-state index in [9.17, 15) is 0 Å². The van der Waals surface area contributed by atoms with Gasteiger partial charge >= 0.3 is 7.12 Å². The molecule has 2 aliphatic heterocycles. The molecule has 0 radical (unpaired) electrons. The van der Waals surface area contributed by atoms with Crippen LogP contribution >= 0.6 is 0 Å². The van der Waals surface area contributed by atoms with E-state index in [0.717, 1.165) is 18.6 Å². The number of rotatable bonds is 9. The topological polar surface area (TPSA) is 67.1 Å². The summed E-state index contributed by atoms with van der Waals surface area (Å²) in [4.78, 5) is 6.36. The van der Waals surface area contributed by atoms with Gasteiger partial charge < -0.3 is 24.4 Å². The van der Waals surface area contributed by atoms with Crippen molar-refractivity contribution >= 4 is 19.5 Å². The maximum Gasteiger partial charge on any atom is 0.487 e. The van der Waals surface area contributed by atoms with Crippen molar-refractivity contribution in [3.63, 3.8) is 0 Å². The lowest BCUT2D eigenvalue weighted by atomic mass is 9.86. The molecule has 0 spiro atoms. The van der Waals surface area contributed by atoms with Crippen LogP contribution in [0.2, 0.25) is 0 Å². The quantitative estimate of drug-likeness (QED) is 0.261. The van der Waals surface area contributed by atoms with Crippen molar-refractivity contribution < 1.29 is 14.0 Å². The van der Waals surface area contributed by atoms with Gasteiger partial charge in [-0.05, 0) is 78.6 Å². The minimum absolute atomic E-state index is 0.0142. The van der Waals surface area contributed by atoms with E-state index in [-0.39, 0.29) is 24.4 Å². The minimum Gasteiger partial charge on any atom is -0.400 e. The van der Waals surface area contributed by atoms with E-state index in [4.69, 9.17) is 19.5 Å².